The van der Waals surface area contributed by atoms with Crippen molar-refractivity contribution in [2.45, 2.75) is 13.1 Å². The van der Waals surface area contributed by atoms with E-state index in [1.807, 2.05) is 18.2 Å². The fraction of sp³-hybridized carbons (Fsp3) is 0.0588. The molecule has 7 aromatic rings. The average Bonchev–Trinajstić information content (AvgIpc) is 3.48. The van der Waals surface area contributed by atoms with Crippen LogP contribution in [-0.2, 0) is 6.18 Å². The quantitative estimate of drug-likeness (QED) is 0.0870. The second-order valence-corrected chi connectivity index (χ2v) is 10.4. The zero-order chi connectivity index (χ0) is 31.6. The van der Waals surface area contributed by atoms with E-state index in [1.54, 1.807) is 43.4 Å². The largest absolute Gasteiger partial charge is 0.419 e. The third-order valence-electron chi connectivity index (χ3n) is 7.81. The molecule has 0 saturated heterocycles. The van der Waals surface area contributed by atoms with Crippen LogP contribution in [0.1, 0.15) is 11.1 Å². The summed E-state index contributed by atoms with van der Waals surface area (Å²) in [6, 6.07) is 17.8. The van der Waals surface area contributed by atoms with Crippen molar-refractivity contribution in [3.8, 4) is 28.4 Å². The van der Waals surface area contributed by atoms with Gasteiger partial charge in [0.15, 0.2) is 5.36 Å². The number of hydrogen-bond acceptors (Lipinski definition) is 5. The van der Waals surface area contributed by atoms with E-state index in [4.69, 9.17) is 16.5 Å². The Bertz CT molecular complexity index is 2600. The van der Waals surface area contributed by atoms with E-state index in [9.17, 15) is 27.2 Å². The van der Waals surface area contributed by atoms with Crippen molar-refractivity contribution < 1.29 is 22.0 Å². The summed E-state index contributed by atoms with van der Waals surface area (Å²) in [6.45, 7) is 9.12. The normalized spacial score (nSPS) is 12.9. The lowest BCUT2D eigenvalue weighted by molar-refractivity contribution is -0.139. The Morgan fingerprint density at radius 1 is 0.689 bits per heavy atom. The maximum Gasteiger partial charge on any atom is 0.419 e. The highest BCUT2D eigenvalue weighted by molar-refractivity contribution is 6.15. The van der Waals surface area contributed by atoms with Crippen molar-refractivity contribution in [1.29, 1.82) is 5.26 Å². The van der Waals surface area contributed by atoms with Gasteiger partial charge < -0.3 is 0 Å². The van der Waals surface area contributed by atoms with E-state index in [-0.39, 0.29) is 22.3 Å². The summed E-state index contributed by atoms with van der Waals surface area (Å²) in [4.78, 5) is 16.9. The van der Waals surface area contributed by atoms with Crippen molar-refractivity contribution in [3.05, 3.63) is 118 Å². The molecule has 0 bridgehead atoms. The van der Waals surface area contributed by atoms with Gasteiger partial charge in [-0.3, -0.25) is 0 Å². The molecule has 0 amide bonds. The van der Waals surface area contributed by atoms with Gasteiger partial charge in [-0.2, -0.15) is 30.0 Å². The molecular formula is C34H15F5N6. The Balaban J connectivity index is 1.50. The summed E-state index contributed by atoms with van der Waals surface area (Å²) >= 11 is 0. The zero-order valence-electron chi connectivity index (χ0n) is 23.0. The minimum Gasteiger partial charge on any atom is -0.241 e. The van der Waals surface area contributed by atoms with Crippen LogP contribution < -0.4 is 10.7 Å². The number of alkyl halides is 3. The van der Waals surface area contributed by atoms with Crippen LogP contribution in [0.3, 0.4) is 0 Å². The number of hydrogen-bond donors (Lipinski definition) is 0. The predicted octanol–water partition coefficient (Wildman–Crippen LogP) is 8.02. The molecule has 7 rings (SSSR count). The molecule has 0 aliphatic carbocycles. The van der Waals surface area contributed by atoms with Crippen LogP contribution in [0, 0.1) is 36.6 Å². The molecule has 0 saturated carbocycles. The summed E-state index contributed by atoms with van der Waals surface area (Å²) in [5, 5.41) is 16.2. The van der Waals surface area contributed by atoms with Gasteiger partial charge in [0, 0.05) is 21.5 Å². The molecule has 0 aliphatic heterocycles. The molecule has 0 radical (unpaired) electrons. The van der Waals surface area contributed by atoms with Gasteiger partial charge in [-0.15, -0.1) is 4.95 Å². The zero-order valence-corrected chi connectivity index (χ0v) is 23.0. The van der Waals surface area contributed by atoms with Crippen LogP contribution in [-0.4, -0.2) is 9.97 Å². The first kappa shape index (κ1) is 27.7. The third kappa shape index (κ3) is 4.36. The smallest absolute Gasteiger partial charge is 0.241 e. The van der Waals surface area contributed by atoms with Crippen LogP contribution >= 0.6 is 0 Å². The van der Waals surface area contributed by atoms with Crippen molar-refractivity contribution >= 4 is 43.6 Å². The van der Waals surface area contributed by atoms with E-state index in [2.05, 4.69) is 15.0 Å². The van der Waals surface area contributed by atoms with Gasteiger partial charge in [-0.25, -0.2) is 18.7 Å². The predicted molar refractivity (Wildman–Crippen MR) is 158 cm³/mol. The first-order valence-electron chi connectivity index (χ1n) is 13.4. The molecule has 216 valence electrons. The lowest BCUT2D eigenvalue weighted by Crippen LogP contribution is -2.08. The number of halogens is 5. The Morgan fingerprint density at radius 3 is 1.76 bits per heavy atom. The van der Waals surface area contributed by atoms with Crippen LogP contribution in [0.2, 0.25) is 0 Å². The number of fused-ring (bicyclic) bond motifs is 6. The maximum atomic E-state index is 14.0. The summed E-state index contributed by atoms with van der Waals surface area (Å²) in [5.74, 6) is -1.71. The number of aromatic nitrogens is 2. The lowest BCUT2D eigenvalue weighted by atomic mass is 10.0. The molecule has 0 fully saturated rings. The highest BCUT2D eigenvalue weighted by Crippen LogP contribution is 2.36. The number of aryl methyl sites for hydroxylation is 1. The van der Waals surface area contributed by atoms with E-state index in [0.717, 1.165) is 23.3 Å². The molecular weight excluding hydrogens is 587 g/mol. The Hall–Kier alpha value is -6.07. The molecule has 11 heteroatoms. The van der Waals surface area contributed by atoms with Crippen LogP contribution in [0.25, 0.3) is 70.8 Å². The van der Waals surface area contributed by atoms with Crippen molar-refractivity contribution in [2.24, 2.45) is 10.1 Å². The summed E-state index contributed by atoms with van der Waals surface area (Å²) in [7, 11) is 0. The van der Waals surface area contributed by atoms with E-state index in [1.165, 1.54) is 12.1 Å². The lowest BCUT2D eigenvalue weighted by Gasteiger charge is -2.10. The Labute approximate surface area is 250 Å². The molecule has 0 atom stereocenters. The standard InChI is InChI=1S/C34H15F5N6/c1-16-11-17(5-9-26(16)35)18-3-8-22-24(13-18)31(45-41-2)33-30(22)43-32-28(42-15-40)23-12-19(4-7-21(23)29(32)44-33)20-6-10-27(36)25(14-20)34(37,38)39/h3-14H,1H3/b42-28?,45-31+. The van der Waals surface area contributed by atoms with Crippen molar-refractivity contribution in [2.75, 3.05) is 0 Å². The maximum absolute atomic E-state index is 14.0. The van der Waals surface area contributed by atoms with Gasteiger partial charge in [0.25, 0.3) is 0 Å². The Morgan fingerprint density at radius 2 is 1.20 bits per heavy atom. The van der Waals surface area contributed by atoms with Gasteiger partial charge in [-0.1, -0.05) is 36.4 Å². The highest BCUT2D eigenvalue weighted by Gasteiger charge is 2.34. The van der Waals surface area contributed by atoms with Gasteiger partial charge in [0.1, 0.15) is 28.0 Å². The summed E-state index contributed by atoms with van der Waals surface area (Å²) in [6.07, 6.45) is -3.11. The monoisotopic (exact) mass is 602 g/mol. The van der Waals surface area contributed by atoms with E-state index in [0.29, 0.717) is 54.6 Å². The molecule has 0 unspecified atom stereocenters. The topological polar surface area (TPSA) is 78.6 Å². The molecule has 0 spiro atoms. The number of nitriles is 1. The minimum absolute atomic E-state index is 0.120. The number of rotatable bonds is 2. The van der Waals surface area contributed by atoms with Gasteiger partial charge in [0.2, 0.25) is 6.19 Å². The second-order valence-electron chi connectivity index (χ2n) is 10.4. The summed E-state index contributed by atoms with van der Waals surface area (Å²) < 4.78 is 68.1. The van der Waals surface area contributed by atoms with Gasteiger partial charge in [0.05, 0.1) is 21.7 Å². The molecule has 0 N–H and O–H groups in total. The third-order valence-corrected chi connectivity index (χ3v) is 7.81. The van der Waals surface area contributed by atoms with Crippen molar-refractivity contribution in [1.82, 2.24) is 9.97 Å². The van der Waals surface area contributed by atoms with Gasteiger partial charge in [-0.05, 0) is 71.1 Å². The summed E-state index contributed by atoms with van der Waals surface area (Å²) in [5.41, 5.74) is 2.50. The van der Waals surface area contributed by atoms with Gasteiger partial charge >= 0.3 is 6.18 Å². The first-order valence-corrected chi connectivity index (χ1v) is 13.4. The second kappa shape index (κ2) is 10.00. The SMILES string of the molecule is [C-]#[N+]/N=c1\c2cc(-c3ccc(F)c(C)c3)ccc2c2nc3c(=NC#N)c4cc(-c5ccc(F)c(C(F)(F)F)c5)ccc4c3nc12. The highest BCUT2D eigenvalue weighted by atomic mass is 19.4. The Kier molecular flexibility index (Phi) is 6.16. The molecule has 6 nitrogen and oxygen atoms in total. The van der Waals surface area contributed by atoms with Crippen LogP contribution in [0.5, 0.6) is 0 Å². The number of benzene rings is 4. The average molecular weight is 603 g/mol. The van der Waals surface area contributed by atoms with Crippen LogP contribution in [0.4, 0.5) is 22.0 Å². The van der Waals surface area contributed by atoms with Crippen LogP contribution in [0.15, 0.2) is 82.9 Å². The molecule has 0 aliphatic rings. The van der Waals surface area contributed by atoms with E-state index >= 15 is 0 Å². The molecule has 45 heavy (non-hydrogen) atoms. The van der Waals surface area contributed by atoms with E-state index < -0.39 is 17.6 Å². The molecule has 1 heterocycles. The van der Waals surface area contributed by atoms with Crippen molar-refractivity contribution in [3.63, 3.8) is 0 Å². The fourth-order valence-electron chi connectivity index (χ4n) is 5.71. The fourth-order valence-corrected chi connectivity index (χ4v) is 5.71. The first-order chi connectivity index (χ1) is 21.6. The minimum atomic E-state index is -4.88. The number of nitrogens with zero attached hydrogens (tertiary/aromatic N) is 6. The molecule has 6 aromatic carbocycles. The molecule has 1 aromatic heterocycles.